The lowest BCUT2D eigenvalue weighted by atomic mass is 10.0. The van der Waals surface area contributed by atoms with Crippen LogP contribution in [0.2, 0.25) is 0 Å². The van der Waals surface area contributed by atoms with Crippen molar-refractivity contribution in [2.24, 2.45) is 7.05 Å². The van der Waals surface area contributed by atoms with Gasteiger partial charge in [0.2, 0.25) is 11.8 Å². The van der Waals surface area contributed by atoms with Crippen molar-refractivity contribution in [1.29, 1.82) is 0 Å². The molecule has 1 aliphatic heterocycles. The van der Waals surface area contributed by atoms with E-state index < -0.39 is 6.04 Å². The average molecular weight is 456 g/mol. The number of fused-ring (bicyclic) bond motifs is 3. The molecule has 0 saturated heterocycles. The van der Waals surface area contributed by atoms with Crippen molar-refractivity contribution >= 4 is 34.5 Å². The summed E-state index contributed by atoms with van der Waals surface area (Å²) in [7, 11) is 1.99. The molecule has 0 aliphatic carbocycles. The summed E-state index contributed by atoms with van der Waals surface area (Å²) in [5, 5.41) is 4.97. The Morgan fingerprint density at radius 2 is 2.09 bits per heavy atom. The molecule has 0 saturated carbocycles. The summed E-state index contributed by atoms with van der Waals surface area (Å²) in [4.78, 5) is 28.4. The summed E-state index contributed by atoms with van der Waals surface area (Å²) in [5.74, 6) is 0.642. The molecule has 2 amide bonds. The van der Waals surface area contributed by atoms with Crippen molar-refractivity contribution < 1.29 is 18.7 Å². The zero-order chi connectivity index (χ0) is 22.7. The lowest BCUT2D eigenvalue weighted by Crippen LogP contribution is -2.43. The number of aromatic nitrogens is 1. The van der Waals surface area contributed by atoms with Crippen LogP contribution < -0.4 is 5.32 Å². The number of amides is 2. The molecule has 32 heavy (non-hydrogen) atoms. The summed E-state index contributed by atoms with van der Waals surface area (Å²) in [5.41, 5.74) is 1.92. The van der Waals surface area contributed by atoms with Crippen LogP contribution >= 0.6 is 11.8 Å². The Balaban J connectivity index is 1.69. The van der Waals surface area contributed by atoms with E-state index in [1.165, 1.54) is 11.8 Å². The van der Waals surface area contributed by atoms with Gasteiger partial charge in [0.05, 0.1) is 29.7 Å². The van der Waals surface area contributed by atoms with Crippen LogP contribution in [0.1, 0.15) is 37.6 Å². The van der Waals surface area contributed by atoms with Crippen LogP contribution in [-0.2, 0) is 27.9 Å². The number of nitrogens with one attached hydrogen (secondary N) is 1. The molecule has 1 atom stereocenters. The van der Waals surface area contributed by atoms with Gasteiger partial charge < -0.3 is 23.9 Å². The zero-order valence-corrected chi connectivity index (χ0v) is 19.5. The molecule has 3 heterocycles. The van der Waals surface area contributed by atoms with E-state index in [0.29, 0.717) is 25.3 Å². The van der Waals surface area contributed by atoms with Gasteiger partial charge >= 0.3 is 0 Å². The minimum Gasteiger partial charge on any atom is -0.467 e. The fourth-order valence-electron chi connectivity index (χ4n) is 4.07. The highest BCUT2D eigenvalue weighted by Gasteiger charge is 2.39. The molecule has 1 aliphatic rings. The smallest absolute Gasteiger partial charge is 0.247 e. The topological polar surface area (TPSA) is 76.7 Å². The predicted molar refractivity (Wildman–Crippen MR) is 124 cm³/mol. The Labute approximate surface area is 192 Å². The number of nitrogens with zero attached hydrogens (tertiary/aromatic N) is 2. The molecule has 0 bridgehead atoms. The number of hydrogen-bond acceptors (Lipinski definition) is 5. The summed E-state index contributed by atoms with van der Waals surface area (Å²) < 4.78 is 13.2. The minimum atomic E-state index is -0.741. The van der Waals surface area contributed by atoms with Crippen molar-refractivity contribution in [3.05, 3.63) is 54.0 Å². The second-order valence-corrected chi connectivity index (χ2v) is 9.12. The quantitative estimate of drug-likeness (QED) is 0.522. The molecule has 4 rings (SSSR count). The van der Waals surface area contributed by atoms with E-state index in [-0.39, 0.29) is 30.2 Å². The van der Waals surface area contributed by atoms with Gasteiger partial charge in [-0.2, -0.15) is 0 Å². The SMILES string of the molecule is CC(C)OCCCNC(=O)C1c2c(n(C)c3ccccc23)SCC(=O)N1Cc1ccco1. The standard InChI is InChI=1S/C24H29N3O4S/c1-16(2)30-13-7-11-25-23(29)22-21-18-9-4-5-10-19(18)26(3)24(21)32-15-20(28)27(22)14-17-8-6-12-31-17/h4-6,8-10,12,16,22H,7,11,13-15H2,1-3H3,(H,25,29). The average Bonchev–Trinajstić information content (AvgIpc) is 3.34. The Bertz CT molecular complexity index is 1090. The van der Waals surface area contributed by atoms with Crippen LogP contribution in [0, 0.1) is 0 Å². The third-order valence-electron chi connectivity index (χ3n) is 5.55. The summed E-state index contributed by atoms with van der Waals surface area (Å²) in [6, 6.07) is 10.9. The highest BCUT2D eigenvalue weighted by Crippen LogP contribution is 2.42. The van der Waals surface area contributed by atoms with E-state index in [1.807, 2.05) is 51.2 Å². The van der Waals surface area contributed by atoms with E-state index in [4.69, 9.17) is 9.15 Å². The van der Waals surface area contributed by atoms with Crippen molar-refractivity contribution in [2.75, 3.05) is 18.9 Å². The fourth-order valence-corrected chi connectivity index (χ4v) is 5.17. The zero-order valence-electron chi connectivity index (χ0n) is 18.7. The van der Waals surface area contributed by atoms with E-state index in [0.717, 1.165) is 21.5 Å². The van der Waals surface area contributed by atoms with Crippen LogP contribution in [0.5, 0.6) is 0 Å². The molecule has 1 N–H and O–H groups in total. The first-order valence-corrected chi connectivity index (χ1v) is 11.9. The molecule has 1 aromatic carbocycles. The number of carbonyl (C=O) groups is 2. The van der Waals surface area contributed by atoms with Crippen LogP contribution in [-0.4, -0.2) is 46.3 Å². The van der Waals surface area contributed by atoms with Gasteiger partial charge in [0.25, 0.3) is 0 Å². The number of hydrogen-bond donors (Lipinski definition) is 1. The monoisotopic (exact) mass is 455 g/mol. The van der Waals surface area contributed by atoms with Gasteiger partial charge in [-0.25, -0.2) is 0 Å². The molecule has 3 aromatic rings. The Morgan fingerprint density at radius 3 is 2.84 bits per heavy atom. The lowest BCUT2D eigenvalue weighted by molar-refractivity contribution is -0.139. The second-order valence-electron chi connectivity index (χ2n) is 8.15. The predicted octanol–water partition coefficient (Wildman–Crippen LogP) is 3.88. The number of carbonyl (C=O) groups excluding carboxylic acids is 2. The Hall–Kier alpha value is -2.71. The third kappa shape index (κ3) is 4.56. The summed E-state index contributed by atoms with van der Waals surface area (Å²) in [6.45, 7) is 5.28. The van der Waals surface area contributed by atoms with Gasteiger partial charge in [0, 0.05) is 36.7 Å². The lowest BCUT2D eigenvalue weighted by Gasteiger charge is -2.29. The first-order valence-electron chi connectivity index (χ1n) is 10.9. The number of benzene rings is 1. The molecule has 0 spiro atoms. The molecular formula is C24H29N3O4S. The van der Waals surface area contributed by atoms with Crippen LogP contribution in [0.3, 0.4) is 0 Å². The highest BCUT2D eigenvalue weighted by atomic mass is 32.2. The Morgan fingerprint density at radius 1 is 1.28 bits per heavy atom. The number of ether oxygens (including phenoxy) is 1. The maximum atomic E-state index is 13.6. The van der Waals surface area contributed by atoms with Crippen molar-refractivity contribution in [3.8, 4) is 0 Å². The van der Waals surface area contributed by atoms with E-state index in [9.17, 15) is 9.59 Å². The van der Waals surface area contributed by atoms with Gasteiger partial charge in [-0.15, -0.1) is 0 Å². The second kappa shape index (κ2) is 9.83. The van der Waals surface area contributed by atoms with Crippen LogP contribution in [0.15, 0.2) is 52.1 Å². The third-order valence-corrected chi connectivity index (χ3v) is 6.71. The van der Waals surface area contributed by atoms with E-state index >= 15 is 0 Å². The first-order chi connectivity index (χ1) is 15.5. The molecular weight excluding hydrogens is 426 g/mol. The van der Waals surface area contributed by atoms with E-state index in [1.54, 1.807) is 17.2 Å². The largest absolute Gasteiger partial charge is 0.467 e. The molecule has 7 nitrogen and oxygen atoms in total. The molecule has 8 heteroatoms. The fraction of sp³-hybridized carbons (Fsp3) is 0.417. The normalized spacial score (nSPS) is 16.4. The highest BCUT2D eigenvalue weighted by molar-refractivity contribution is 8.00. The molecule has 0 radical (unpaired) electrons. The molecule has 170 valence electrons. The molecule has 2 aromatic heterocycles. The number of thioether (sulfide) groups is 1. The maximum Gasteiger partial charge on any atom is 0.247 e. The van der Waals surface area contributed by atoms with Crippen molar-refractivity contribution in [2.45, 2.75) is 44.0 Å². The first kappa shape index (κ1) is 22.5. The Kier molecular flexibility index (Phi) is 6.91. The van der Waals surface area contributed by atoms with Crippen LogP contribution in [0.4, 0.5) is 0 Å². The van der Waals surface area contributed by atoms with Gasteiger partial charge in [-0.05, 0) is 38.5 Å². The minimum absolute atomic E-state index is 0.0880. The van der Waals surface area contributed by atoms with Gasteiger partial charge in [0.1, 0.15) is 11.8 Å². The van der Waals surface area contributed by atoms with Gasteiger partial charge in [-0.1, -0.05) is 30.0 Å². The van der Waals surface area contributed by atoms with Gasteiger partial charge in [-0.3, -0.25) is 9.59 Å². The maximum absolute atomic E-state index is 13.6. The van der Waals surface area contributed by atoms with E-state index in [2.05, 4.69) is 9.88 Å². The number of aryl methyl sites for hydroxylation is 1. The summed E-state index contributed by atoms with van der Waals surface area (Å²) in [6.07, 6.45) is 2.45. The van der Waals surface area contributed by atoms with Crippen molar-refractivity contribution in [3.63, 3.8) is 0 Å². The summed E-state index contributed by atoms with van der Waals surface area (Å²) >= 11 is 1.48. The van der Waals surface area contributed by atoms with Crippen molar-refractivity contribution in [1.82, 2.24) is 14.8 Å². The van der Waals surface area contributed by atoms with Crippen LogP contribution in [0.25, 0.3) is 10.9 Å². The van der Waals surface area contributed by atoms with Gasteiger partial charge in [0.15, 0.2) is 0 Å². The number of para-hydroxylation sites is 1. The molecule has 1 unspecified atom stereocenters. The number of rotatable bonds is 8. The number of furan rings is 1. The molecule has 0 fully saturated rings.